The van der Waals surface area contributed by atoms with Gasteiger partial charge in [-0.05, 0) is 50.5 Å². The van der Waals surface area contributed by atoms with Gasteiger partial charge in [-0.1, -0.05) is 0 Å². The second kappa shape index (κ2) is 6.36. The number of likely N-dealkylation sites (tertiary alicyclic amines) is 1. The lowest BCUT2D eigenvalue weighted by Crippen LogP contribution is -2.31. The van der Waals surface area contributed by atoms with E-state index in [1.54, 1.807) is 24.4 Å². The van der Waals surface area contributed by atoms with Crippen LogP contribution in [0.5, 0.6) is 11.6 Å². The van der Waals surface area contributed by atoms with Crippen molar-refractivity contribution in [3.8, 4) is 11.6 Å². The Morgan fingerprint density at radius 1 is 1.21 bits per heavy atom. The van der Waals surface area contributed by atoms with E-state index < -0.39 is 0 Å². The fraction of sp³-hybridized carbons (Fsp3) is 0.444. The Bertz CT molecular complexity index is 704. The molecule has 0 radical (unpaired) electrons. The molecule has 2 fully saturated rings. The number of anilines is 1. The van der Waals surface area contributed by atoms with Gasteiger partial charge in [-0.15, -0.1) is 0 Å². The first-order chi connectivity index (χ1) is 11.7. The second-order valence-electron chi connectivity index (χ2n) is 6.63. The van der Waals surface area contributed by atoms with Crippen molar-refractivity contribution in [2.45, 2.75) is 44.3 Å². The maximum absolute atomic E-state index is 12.9. The van der Waals surface area contributed by atoms with Crippen LogP contribution in [0.2, 0.25) is 0 Å². The predicted molar refractivity (Wildman–Crippen MR) is 89.7 cm³/mol. The third-order valence-corrected chi connectivity index (χ3v) is 4.64. The van der Waals surface area contributed by atoms with Crippen LogP contribution in [0.4, 0.5) is 10.3 Å². The van der Waals surface area contributed by atoms with Gasteiger partial charge in [0.15, 0.2) is 0 Å². The van der Waals surface area contributed by atoms with Crippen molar-refractivity contribution in [2.24, 2.45) is 0 Å². The monoisotopic (exact) mass is 328 g/mol. The van der Waals surface area contributed by atoms with Gasteiger partial charge in [-0.25, -0.2) is 9.37 Å². The summed E-state index contributed by atoms with van der Waals surface area (Å²) in [7, 11) is 0. The smallest absolute Gasteiger partial charge is 0.226 e. The zero-order valence-corrected chi connectivity index (χ0v) is 13.7. The number of benzene rings is 1. The summed E-state index contributed by atoms with van der Waals surface area (Å²) in [6.07, 6.45) is 5.43. The fourth-order valence-corrected chi connectivity index (χ4v) is 3.35. The normalized spacial score (nSPS) is 24.1. The molecule has 4 rings (SSSR count). The van der Waals surface area contributed by atoms with Gasteiger partial charge in [0.05, 0.1) is 0 Å². The van der Waals surface area contributed by atoms with E-state index in [1.807, 2.05) is 0 Å². The van der Waals surface area contributed by atoms with E-state index in [0.29, 0.717) is 29.7 Å². The summed E-state index contributed by atoms with van der Waals surface area (Å²) in [5, 5.41) is 3.42. The van der Waals surface area contributed by atoms with Crippen molar-refractivity contribution in [2.75, 3.05) is 11.9 Å². The SMILES string of the molecule is CC1CC(Nc2nccc(Oc3ccc(F)cc3)n2)CN1C1CC1. The number of aromatic nitrogens is 2. The van der Waals surface area contributed by atoms with Gasteiger partial charge in [-0.3, -0.25) is 4.90 Å². The molecule has 1 aromatic heterocycles. The van der Waals surface area contributed by atoms with Crippen LogP contribution < -0.4 is 10.1 Å². The lowest BCUT2D eigenvalue weighted by Gasteiger charge is -2.19. The molecule has 5 nitrogen and oxygen atoms in total. The van der Waals surface area contributed by atoms with Crippen molar-refractivity contribution in [3.05, 3.63) is 42.3 Å². The first-order valence-electron chi connectivity index (χ1n) is 8.46. The van der Waals surface area contributed by atoms with E-state index in [-0.39, 0.29) is 5.82 Å². The number of rotatable bonds is 5. The lowest BCUT2D eigenvalue weighted by atomic mass is 10.2. The third kappa shape index (κ3) is 3.48. The van der Waals surface area contributed by atoms with Gasteiger partial charge in [0.2, 0.25) is 11.8 Å². The summed E-state index contributed by atoms with van der Waals surface area (Å²) in [6.45, 7) is 3.33. The standard InChI is InChI=1S/C18H21FN4O/c1-12-10-14(11-23(12)15-4-5-15)21-18-20-9-8-17(22-18)24-16-6-2-13(19)3-7-16/h2-3,6-9,12,14-15H,4-5,10-11H2,1H3,(H,20,21,22). The number of nitrogens with zero attached hydrogens (tertiary/aromatic N) is 3. The molecule has 6 heteroatoms. The van der Waals surface area contributed by atoms with Crippen molar-refractivity contribution < 1.29 is 9.13 Å². The van der Waals surface area contributed by atoms with Crippen LogP contribution in [0.3, 0.4) is 0 Å². The van der Waals surface area contributed by atoms with E-state index in [9.17, 15) is 4.39 Å². The van der Waals surface area contributed by atoms with Crippen molar-refractivity contribution in [1.29, 1.82) is 0 Å². The number of hydrogen-bond donors (Lipinski definition) is 1. The summed E-state index contributed by atoms with van der Waals surface area (Å²) < 4.78 is 18.6. The van der Waals surface area contributed by atoms with E-state index in [2.05, 4.69) is 27.1 Å². The highest BCUT2D eigenvalue weighted by atomic mass is 19.1. The first-order valence-corrected chi connectivity index (χ1v) is 8.46. The molecule has 2 atom stereocenters. The largest absolute Gasteiger partial charge is 0.439 e. The topological polar surface area (TPSA) is 50.3 Å². The van der Waals surface area contributed by atoms with E-state index in [4.69, 9.17) is 4.74 Å². The lowest BCUT2D eigenvalue weighted by molar-refractivity contribution is 0.257. The minimum atomic E-state index is -0.289. The molecule has 1 N–H and O–H groups in total. The molecule has 0 amide bonds. The van der Waals surface area contributed by atoms with Crippen molar-refractivity contribution in [1.82, 2.24) is 14.9 Å². The zero-order chi connectivity index (χ0) is 16.5. The van der Waals surface area contributed by atoms with Crippen molar-refractivity contribution in [3.63, 3.8) is 0 Å². The Kier molecular flexibility index (Phi) is 4.06. The molecule has 0 spiro atoms. The number of halogens is 1. The Morgan fingerprint density at radius 3 is 2.75 bits per heavy atom. The summed E-state index contributed by atoms with van der Waals surface area (Å²) in [4.78, 5) is 11.3. The maximum Gasteiger partial charge on any atom is 0.226 e. The number of nitrogens with one attached hydrogen (secondary N) is 1. The highest BCUT2D eigenvalue weighted by molar-refractivity contribution is 5.33. The van der Waals surface area contributed by atoms with Crippen LogP contribution in [0.15, 0.2) is 36.5 Å². The number of ether oxygens (including phenoxy) is 1. The van der Waals surface area contributed by atoms with Crippen molar-refractivity contribution >= 4 is 5.95 Å². The fourth-order valence-electron chi connectivity index (χ4n) is 3.35. The Morgan fingerprint density at radius 2 is 2.00 bits per heavy atom. The molecular formula is C18H21FN4O. The van der Waals surface area contributed by atoms with Gasteiger partial charge in [0.25, 0.3) is 0 Å². The van der Waals surface area contributed by atoms with Gasteiger partial charge >= 0.3 is 0 Å². The van der Waals surface area contributed by atoms with E-state index >= 15 is 0 Å². The molecule has 24 heavy (non-hydrogen) atoms. The van der Waals surface area contributed by atoms with E-state index in [0.717, 1.165) is 19.0 Å². The molecule has 2 unspecified atom stereocenters. The Labute approximate surface area is 140 Å². The maximum atomic E-state index is 12.9. The zero-order valence-electron chi connectivity index (χ0n) is 13.7. The second-order valence-corrected chi connectivity index (χ2v) is 6.63. The Hall–Kier alpha value is -2.21. The van der Waals surface area contributed by atoms with Gasteiger partial charge in [0.1, 0.15) is 11.6 Å². The van der Waals surface area contributed by atoms with Crippen LogP contribution in [0, 0.1) is 5.82 Å². The predicted octanol–water partition coefficient (Wildman–Crippen LogP) is 3.45. The van der Waals surface area contributed by atoms with Crippen LogP contribution in [-0.4, -0.2) is 39.5 Å². The highest BCUT2D eigenvalue weighted by Gasteiger charge is 2.38. The first kappa shape index (κ1) is 15.3. The summed E-state index contributed by atoms with van der Waals surface area (Å²) in [5.74, 6) is 1.28. The molecule has 1 aliphatic carbocycles. The molecule has 2 aliphatic rings. The molecule has 2 aromatic rings. The summed E-state index contributed by atoms with van der Waals surface area (Å²) in [5.41, 5.74) is 0. The van der Waals surface area contributed by atoms with Gasteiger partial charge < -0.3 is 10.1 Å². The quantitative estimate of drug-likeness (QED) is 0.911. The van der Waals surface area contributed by atoms with Gasteiger partial charge in [0, 0.05) is 36.9 Å². The minimum Gasteiger partial charge on any atom is -0.439 e. The minimum absolute atomic E-state index is 0.289. The molecule has 1 aliphatic heterocycles. The molecule has 1 aromatic carbocycles. The summed E-state index contributed by atoms with van der Waals surface area (Å²) >= 11 is 0. The number of hydrogen-bond acceptors (Lipinski definition) is 5. The highest BCUT2D eigenvalue weighted by Crippen LogP contribution is 2.34. The Balaban J connectivity index is 1.40. The molecule has 1 saturated carbocycles. The van der Waals surface area contributed by atoms with Crippen LogP contribution in [0.25, 0.3) is 0 Å². The van der Waals surface area contributed by atoms with Crippen LogP contribution >= 0.6 is 0 Å². The molecule has 0 bridgehead atoms. The van der Waals surface area contributed by atoms with Crippen LogP contribution in [0.1, 0.15) is 26.2 Å². The van der Waals surface area contributed by atoms with Gasteiger partial charge in [-0.2, -0.15) is 4.98 Å². The average molecular weight is 328 g/mol. The average Bonchev–Trinajstić information content (AvgIpc) is 3.34. The van der Waals surface area contributed by atoms with Crippen LogP contribution in [-0.2, 0) is 0 Å². The molecule has 1 saturated heterocycles. The third-order valence-electron chi connectivity index (χ3n) is 4.64. The molecular weight excluding hydrogens is 307 g/mol. The molecule has 126 valence electrons. The molecule has 2 heterocycles. The summed E-state index contributed by atoms with van der Waals surface area (Å²) in [6, 6.07) is 9.33. The van der Waals surface area contributed by atoms with E-state index in [1.165, 1.54) is 25.0 Å².